The highest BCUT2D eigenvalue weighted by Gasteiger charge is 2.17. The lowest BCUT2D eigenvalue weighted by Crippen LogP contribution is -2.24. The number of halogens is 1. The molecule has 2 aromatic rings. The summed E-state index contributed by atoms with van der Waals surface area (Å²) in [5.74, 6) is -0.415. The Labute approximate surface area is 132 Å². The summed E-state index contributed by atoms with van der Waals surface area (Å²) >= 11 is 7.49. The Hall–Kier alpha value is -1.41. The number of rotatable bonds is 5. The molecule has 5 nitrogen and oxygen atoms in total. The van der Waals surface area contributed by atoms with Crippen LogP contribution in [0.4, 0.5) is 0 Å². The molecule has 0 atom stereocenters. The SMILES string of the molecule is CNS(=O)(=O)c1ccc(Cl)c(C(=O)NCc2cccs2)c1. The minimum Gasteiger partial charge on any atom is -0.347 e. The van der Waals surface area contributed by atoms with Crippen molar-refractivity contribution in [2.45, 2.75) is 11.4 Å². The Bertz CT molecular complexity index is 743. The largest absolute Gasteiger partial charge is 0.347 e. The van der Waals surface area contributed by atoms with E-state index in [9.17, 15) is 13.2 Å². The second-order valence-electron chi connectivity index (χ2n) is 4.11. The summed E-state index contributed by atoms with van der Waals surface area (Å²) in [5.41, 5.74) is 0.129. The maximum atomic E-state index is 12.1. The van der Waals surface area contributed by atoms with Gasteiger partial charge in [-0.05, 0) is 36.7 Å². The summed E-state index contributed by atoms with van der Waals surface area (Å²) in [5, 5.41) is 4.82. The van der Waals surface area contributed by atoms with E-state index in [2.05, 4.69) is 10.0 Å². The number of carbonyl (C=O) groups is 1. The highest BCUT2D eigenvalue weighted by Crippen LogP contribution is 2.20. The van der Waals surface area contributed by atoms with Gasteiger partial charge in [-0.15, -0.1) is 11.3 Å². The molecule has 0 radical (unpaired) electrons. The van der Waals surface area contributed by atoms with Crippen molar-refractivity contribution >= 4 is 38.9 Å². The van der Waals surface area contributed by atoms with E-state index >= 15 is 0 Å². The predicted molar refractivity (Wildman–Crippen MR) is 83.2 cm³/mol. The molecule has 21 heavy (non-hydrogen) atoms. The second-order valence-corrected chi connectivity index (χ2v) is 7.44. The molecule has 0 fully saturated rings. The summed E-state index contributed by atoms with van der Waals surface area (Å²) in [6.45, 7) is 0.371. The highest BCUT2D eigenvalue weighted by molar-refractivity contribution is 7.89. The van der Waals surface area contributed by atoms with Crippen LogP contribution >= 0.6 is 22.9 Å². The molecule has 0 unspecified atom stereocenters. The van der Waals surface area contributed by atoms with Crippen LogP contribution in [0.5, 0.6) is 0 Å². The molecule has 0 saturated heterocycles. The molecule has 0 aliphatic carbocycles. The van der Waals surface area contributed by atoms with E-state index in [-0.39, 0.29) is 15.5 Å². The van der Waals surface area contributed by atoms with Crippen LogP contribution < -0.4 is 10.0 Å². The number of nitrogens with one attached hydrogen (secondary N) is 2. The number of sulfonamides is 1. The first-order valence-electron chi connectivity index (χ1n) is 5.97. The van der Waals surface area contributed by atoms with Gasteiger partial charge in [0.05, 0.1) is 22.0 Å². The summed E-state index contributed by atoms with van der Waals surface area (Å²) in [6, 6.07) is 7.79. The quantitative estimate of drug-likeness (QED) is 0.873. The molecule has 8 heteroatoms. The van der Waals surface area contributed by atoms with Crippen molar-refractivity contribution in [2.24, 2.45) is 0 Å². The molecule has 0 spiro atoms. The number of hydrogen-bond donors (Lipinski definition) is 2. The van der Waals surface area contributed by atoms with Crippen LogP contribution in [-0.4, -0.2) is 21.4 Å². The lowest BCUT2D eigenvalue weighted by molar-refractivity contribution is 0.0951. The Morgan fingerprint density at radius 1 is 1.33 bits per heavy atom. The molecule has 0 bridgehead atoms. The highest BCUT2D eigenvalue weighted by atomic mass is 35.5. The van der Waals surface area contributed by atoms with Crippen molar-refractivity contribution in [3.63, 3.8) is 0 Å². The molecule has 0 saturated carbocycles. The monoisotopic (exact) mass is 344 g/mol. The van der Waals surface area contributed by atoms with Crippen molar-refractivity contribution in [1.29, 1.82) is 0 Å². The summed E-state index contributed by atoms with van der Waals surface area (Å²) in [7, 11) is -2.31. The van der Waals surface area contributed by atoms with E-state index in [1.165, 1.54) is 36.6 Å². The Kier molecular flexibility index (Phi) is 5.00. The van der Waals surface area contributed by atoms with Crippen molar-refractivity contribution in [1.82, 2.24) is 10.0 Å². The van der Waals surface area contributed by atoms with Crippen LogP contribution in [-0.2, 0) is 16.6 Å². The molecule has 0 aliphatic heterocycles. The standard InChI is InChI=1S/C13H13ClN2O3S2/c1-15-21(18,19)10-4-5-12(14)11(7-10)13(17)16-8-9-3-2-6-20-9/h2-7,15H,8H2,1H3,(H,16,17). The Morgan fingerprint density at radius 3 is 2.71 bits per heavy atom. The third-order valence-corrected chi connectivity index (χ3v) is 5.38. The van der Waals surface area contributed by atoms with Crippen molar-refractivity contribution < 1.29 is 13.2 Å². The van der Waals surface area contributed by atoms with Gasteiger partial charge >= 0.3 is 0 Å². The van der Waals surface area contributed by atoms with Gasteiger partial charge in [-0.25, -0.2) is 13.1 Å². The average molecular weight is 345 g/mol. The summed E-state index contributed by atoms with van der Waals surface area (Å²) in [6.07, 6.45) is 0. The van der Waals surface area contributed by atoms with Crippen molar-refractivity contribution in [3.8, 4) is 0 Å². The first-order chi connectivity index (χ1) is 9.94. The maximum Gasteiger partial charge on any atom is 0.253 e. The fourth-order valence-electron chi connectivity index (χ4n) is 1.64. The van der Waals surface area contributed by atoms with Crippen molar-refractivity contribution in [3.05, 3.63) is 51.2 Å². The van der Waals surface area contributed by atoms with Gasteiger partial charge in [-0.1, -0.05) is 17.7 Å². The van der Waals surface area contributed by atoms with Crippen molar-refractivity contribution in [2.75, 3.05) is 7.05 Å². The zero-order valence-electron chi connectivity index (χ0n) is 11.1. The zero-order chi connectivity index (χ0) is 15.5. The molecule has 112 valence electrons. The molecule has 1 amide bonds. The van der Waals surface area contributed by atoms with E-state index in [0.29, 0.717) is 6.54 Å². The molecule has 1 aromatic carbocycles. The number of hydrogen-bond acceptors (Lipinski definition) is 4. The van der Waals surface area contributed by atoms with Gasteiger partial charge < -0.3 is 5.32 Å². The minimum absolute atomic E-state index is 0.00401. The van der Waals surface area contributed by atoms with Crippen LogP contribution in [0.25, 0.3) is 0 Å². The smallest absolute Gasteiger partial charge is 0.253 e. The van der Waals surface area contributed by atoms with Crippen LogP contribution in [0.15, 0.2) is 40.6 Å². The predicted octanol–water partition coefficient (Wildman–Crippen LogP) is 2.24. The van der Waals surface area contributed by atoms with Crippen LogP contribution in [0.2, 0.25) is 5.02 Å². The molecular weight excluding hydrogens is 332 g/mol. The van der Waals surface area contributed by atoms with Gasteiger partial charge in [0.2, 0.25) is 10.0 Å². The van der Waals surface area contributed by atoms with Crippen LogP contribution in [0, 0.1) is 0 Å². The van der Waals surface area contributed by atoms with Gasteiger partial charge in [0.25, 0.3) is 5.91 Å². The van der Waals surface area contributed by atoms with Gasteiger partial charge in [0, 0.05) is 4.88 Å². The second kappa shape index (κ2) is 6.57. The minimum atomic E-state index is -3.62. The molecule has 1 aromatic heterocycles. The first kappa shape index (κ1) is 16.0. The van der Waals surface area contributed by atoms with E-state index in [1.54, 1.807) is 0 Å². The molecular formula is C13H13ClN2O3S2. The summed E-state index contributed by atoms with van der Waals surface area (Å²) in [4.78, 5) is 13.1. The normalized spacial score (nSPS) is 11.3. The van der Waals surface area contributed by atoms with Crippen LogP contribution in [0.3, 0.4) is 0 Å². The van der Waals surface area contributed by atoms with Gasteiger partial charge in [0.1, 0.15) is 0 Å². The Balaban J connectivity index is 2.22. The van der Waals surface area contributed by atoms with Gasteiger partial charge in [-0.2, -0.15) is 0 Å². The van der Waals surface area contributed by atoms with Gasteiger partial charge in [0.15, 0.2) is 0 Å². The van der Waals surface area contributed by atoms with Gasteiger partial charge in [-0.3, -0.25) is 4.79 Å². The molecule has 2 N–H and O–H groups in total. The van der Waals surface area contributed by atoms with E-state index in [0.717, 1.165) is 4.88 Å². The third-order valence-electron chi connectivity index (χ3n) is 2.76. The lowest BCUT2D eigenvalue weighted by Gasteiger charge is -2.08. The Morgan fingerprint density at radius 2 is 2.10 bits per heavy atom. The zero-order valence-corrected chi connectivity index (χ0v) is 13.5. The maximum absolute atomic E-state index is 12.1. The number of benzene rings is 1. The van der Waals surface area contributed by atoms with Crippen LogP contribution in [0.1, 0.15) is 15.2 Å². The number of amides is 1. The lowest BCUT2D eigenvalue weighted by atomic mass is 10.2. The topological polar surface area (TPSA) is 75.3 Å². The first-order valence-corrected chi connectivity index (χ1v) is 8.72. The van der Waals surface area contributed by atoms with E-state index in [4.69, 9.17) is 11.6 Å². The number of carbonyl (C=O) groups excluding carboxylic acids is 1. The van der Waals surface area contributed by atoms with E-state index in [1.807, 2.05) is 17.5 Å². The molecule has 2 rings (SSSR count). The van der Waals surface area contributed by atoms with E-state index < -0.39 is 15.9 Å². The third kappa shape index (κ3) is 3.82. The fourth-order valence-corrected chi connectivity index (χ4v) is 3.24. The number of thiophene rings is 1. The molecule has 0 aliphatic rings. The fraction of sp³-hybridized carbons (Fsp3) is 0.154. The summed E-state index contributed by atoms with van der Waals surface area (Å²) < 4.78 is 25.7. The average Bonchev–Trinajstić information content (AvgIpc) is 2.98. The molecule has 1 heterocycles.